The van der Waals surface area contributed by atoms with Crippen LogP contribution in [-0.4, -0.2) is 78.8 Å². The van der Waals surface area contributed by atoms with Crippen LogP contribution in [0, 0.1) is 0 Å². The average molecular weight is 643 g/mol. The van der Waals surface area contributed by atoms with Crippen LogP contribution in [0.15, 0.2) is 36.4 Å². The van der Waals surface area contributed by atoms with E-state index in [9.17, 15) is 9.59 Å². The van der Waals surface area contributed by atoms with Crippen molar-refractivity contribution in [3.05, 3.63) is 58.7 Å². The van der Waals surface area contributed by atoms with Gasteiger partial charge in [-0.05, 0) is 48.2 Å². The van der Waals surface area contributed by atoms with Gasteiger partial charge in [0.2, 0.25) is 0 Å². The molecule has 12 nitrogen and oxygen atoms in total. The van der Waals surface area contributed by atoms with Crippen molar-refractivity contribution < 1.29 is 47.5 Å². The molecule has 0 amide bonds. The van der Waals surface area contributed by atoms with Gasteiger partial charge in [0.05, 0.1) is 54.7 Å². The standard InChI is InChI=1S/C34H46N2O10/c1-21(2)35-19-33(25-17-29(41-7)27(39-5)15-23(25)11-13-43-33)45-31(37)9-10-32(38)46-34(20-36-22(3)4)26-18-30(42-8)28(40-6)16-24(26)12-14-44-34/h9-10,15-18,21-22,35-36H,11-14,19-20H2,1-8H3/b10-9+. The van der Waals surface area contributed by atoms with E-state index < -0.39 is 23.5 Å². The normalized spacial score (nSPS) is 20.7. The van der Waals surface area contributed by atoms with Crippen LogP contribution >= 0.6 is 0 Å². The van der Waals surface area contributed by atoms with E-state index in [4.69, 9.17) is 37.9 Å². The Balaban J connectivity index is 1.61. The maximum atomic E-state index is 13.3. The third kappa shape index (κ3) is 7.75. The summed E-state index contributed by atoms with van der Waals surface area (Å²) < 4.78 is 46.3. The van der Waals surface area contributed by atoms with E-state index in [-0.39, 0.29) is 25.2 Å². The molecule has 0 spiro atoms. The first kappa shape index (κ1) is 35.0. The molecule has 0 saturated heterocycles. The molecule has 0 fully saturated rings. The number of carbonyl (C=O) groups excluding carboxylic acids is 2. The van der Waals surface area contributed by atoms with Crippen molar-refractivity contribution in [1.82, 2.24) is 10.6 Å². The molecule has 2 aliphatic rings. The number of nitrogens with one attached hydrogen (secondary N) is 2. The van der Waals surface area contributed by atoms with Crippen molar-refractivity contribution in [1.29, 1.82) is 0 Å². The number of carbonyl (C=O) groups is 2. The second-order valence-corrected chi connectivity index (χ2v) is 11.7. The maximum Gasteiger partial charge on any atom is 0.333 e. The molecule has 46 heavy (non-hydrogen) atoms. The van der Waals surface area contributed by atoms with Crippen LogP contribution < -0.4 is 29.6 Å². The Kier molecular flexibility index (Phi) is 11.5. The van der Waals surface area contributed by atoms with Gasteiger partial charge >= 0.3 is 11.9 Å². The summed E-state index contributed by atoms with van der Waals surface area (Å²) in [6.07, 6.45) is 3.23. The first-order valence-corrected chi connectivity index (χ1v) is 15.4. The summed E-state index contributed by atoms with van der Waals surface area (Å²) in [5.74, 6) is -2.49. The highest BCUT2D eigenvalue weighted by atomic mass is 16.7. The van der Waals surface area contributed by atoms with Gasteiger partial charge in [-0.15, -0.1) is 0 Å². The fraction of sp³-hybridized carbons (Fsp3) is 0.529. The Morgan fingerprint density at radius 1 is 0.674 bits per heavy atom. The third-order valence-electron chi connectivity index (χ3n) is 7.83. The molecule has 0 aliphatic carbocycles. The van der Waals surface area contributed by atoms with Crippen LogP contribution in [0.3, 0.4) is 0 Å². The Morgan fingerprint density at radius 2 is 1.02 bits per heavy atom. The fourth-order valence-electron chi connectivity index (χ4n) is 5.51. The molecule has 4 rings (SSSR count). The van der Waals surface area contributed by atoms with Crippen LogP contribution in [0.1, 0.15) is 49.9 Å². The zero-order valence-corrected chi connectivity index (χ0v) is 27.9. The van der Waals surface area contributed by atoms with Crippen molar-refractivity contribution in [3.8, 4) is 23.0 Å². The SMILES string of the molecule is COc1cc2c(cc1OC)C(CNC(C)C)(OC(=O)/C=C/C(=O)OC1(CNC(C)C)OCCc3cc(OC)c(OC)cc31)OCC2. The van der Waals surface area contributed by atoms with Crippen molar-refractivity contribution >= 4 is 11.9 Å². The number of benzene rings is 2. The Hall–Kier alpha value is -3.84. The molecule has 0 saturated carbocycles. The molecule has 0 bridgehead atoms. The number of fused-ring (bicyclic) bond motifs is 2. The predicted octanol–water partition coefficient (Wildman–Crippen LogP) is 3.51. The molecule has 252 valence electrons. The van der Waals surface area contributed by atoms with Gasteiger partial charge in [-0.25, -0.2) is 9.59 Å². The van der Waals surface area contributed by atoms with E-state index in [0.717, 1.165) is 23.3 Å². The molecule has 12 heteroatoms. The summed E-state index contributed by atoms with van der Waals surface area (Å²) in [6.45, 7) is 8.84. The lowest BCUT2D eigenvalue weighted by Gasteiger charge is -2.39. The van der Waals surface area contributed by atoms with Gasteiger partial charge in [-0.3, -0.25) is 0 Å². The van der Waals surface area contributed by atoms with E-state index in [1.165, 1.54) is 14.2 Å². The lowest BCUT2D eigenvalue weighted by Crippen LogP contribution is -2.49. The minimum atomic E-state index is -1.48. The van der Waals surface area contributed by atoms with E-state index in [0.29, 0.717) is 60.2 Å². The van der Waals surface area contributed by atoms with Gasteiger partial charge in [0, 0.05) is 35.4 Å². The molecule has 2 atom stereocenters. The van der Waals surface area contributed by atoms with E-state index in [1.807, 2.05) is 39.8 Å². The number of hydrogen-bond donors (Lipinski definition) is 2. The van der Waals surface area contributed by atoms with Gasteiger partial charge < -0.3 is 48.5 Å². The van der Waals surface area contributed by atoms with Gasteiger partial charge in [0.15, 0.2) is 23.0 Å². The lowest BCUT2D eigenvalue weighted by atomic mass is 9.93. The van der Waals surface area contributed by atoms with E-state index in [2.05, 4.69) is 10.6 Å². The van der Waals surface area contributed by atoms with Crippen molar-refractivity contribution in [3.63, 3.8) is 0 Å². The minimum Gasteiger partial charge on any atom is -0.493 e. The Bertz CT molecular complexity index is 1320. The molecular weight excluding hydrogens is 596 g/mol. The number of ether oxygens (including phenoxy) is 8. The van der Waals surface area contributed by atoms with Gasteiger partial charge in [0.25, 0.3) is 11.6 Å². The van der Waals surface area contributed by atoms with Crippen molar-refractivity contribution in [2.75, 3.05) is 54.7 Å². The molecule has 2 unspecified atom stereocenters. The topological polar surface area (TPSA) is 132 Å². The smallest absolute Gasteiger partial charge is 0.333 e. The first-order chi connectivity index (χ1) is 22.0. The van der Waals surface area contributed by atoms with E-state index >= 15 is 0 Å². The number of rotatable bonds is 14. The van der Waals surface area contributed by atoms with Crippen LogP contribution in [0.5, 0.6) is 23.0 Å². The third-order valence-corrected chi connectivity index (χ3v) is 7.83. The maximum absolute atomic E-state index is 13.3. The highest BCUT2D eigenvalue weighted by molar-refractivity contribution is 5.92. The largest absolute Gasteiger partial charge is 0.493 e. The van der Waals surface area contributed by atoms with Crippen LogP contribution in [0.25, 0.3) is 0 Å². The van der Waals surface area contributed by atoms with Gasteiger partial charge in [-0.1, -0.05) is 27.7 Å². The summed E-state index contributed by atoms with van der Waals surface area (Å²) >= 11 is 0. The van der Waals surface area contributed by atoms with Crippen LogP contribution in [0.2, 0.25) is 0 Å². The van der Waals surface area contributed by atoms with Crippen molar-refractivity contribution in [2.24, 2.45) is 0 Å². The van der Waals surface area contributed by atoms with Crippen LogP contribution in [-0.2, 0) is 53.0 Å². The molecule has 2 aromatic rings. The number of hydrogen-bond acceptors (Lipinski definition) is 12. The summed E-state index contributed by atoms with van der Waals surface area (Å²) in [7, 11) is 6.20. The van der Waals surface area contributed by atoms with Gasteiger partial charge in [0.1, 0.15) is 0 Å². The average Bonchev–Trinajstić information content (AvgIpc) is 3.04. The van der Waals surface area contributed by atoms with Crippen molar-refractivity contribution in [2.45, 2.75) is 64.2 Å². The summed E-state index contributed by atoms with van der Waals surface area (Å²) in [5.41, 5.74) is 3.05. The first-order valence-electron chi connectivity index (χ1n) is 15.4. The van der Waals surface area contributed by atoms with Crippen LogP contribution in [0.4, 0.5) is 0 Å². The fourth-order valence-corrected chi connectivity index (χ4v) is 5.51. The molecule has 0 radical (unpaired) electrons. The Labute approximate surface area is 270 Å². The molecule has 2 aliphatic heterocycles. The van der Waals surface area contributed by atoms with E-state index in [1.54, 1.807) is 26.4 Å². The summed E-state index contributed by atoms with van der Waals surface area (Å²) in [4.78, 5) is 26.7. The predicted molar refractivity (Wildman–Crippen MR) is 169 cm³/mol. The monoisotopic (exact) mass is 642 g/mol. The lowest BCUT2D eigenvalue weighted by molar-refractivity contribution is -0.240. The Morgan fingerprint density at radius 3 is 1.35 bits per heavy atom. The molecule has 2 heterocycles. The summed E-state index contributed by atoms with van der Waals surface area (Å²) in [6, 6.07) is 7.38. The minimum absolute atomic E-state index is 0.0721. The zero-order valence-electron chi connectivity index (χ0n) is 27.9. The number of esters is 2. The summed E-state index contributed by atoms with van der Waals surface area (Å²) in [5, 5.41) is 6.62. The molecule has 0 aromatic heterocycles. The quantitative estimate of drug-likeness (QED) is 0.231. The highest BCUT2D eigenvalue weighted by Crippen LogP contribution is 2.42. The second-order valence-electron chi connectivity index (χ2n) is 11.7. The zero-order chi connectivity index (χ0) is 33.5. The molecular formula is C34H46N2O10. The highest BCUT2D eigenvalue weighted by Gasteiger charge is 2.44. The molecule has 2 aromatic carbocycles. The second kappa shape index (κ2) is 15.2. The number of methoxy groups -OCH3 is 4. The molecule has 2 N–H and O–H groups in total. The van der Waals surface area contributed by atoms with Gasteiger partial charge in [-0.2, -0.15) is 0 Å².